The zero-order valence-corrected chi connectivity index (χ0v) is 16.8. The van der Waals surface area contributed by atoms with Crippen molar-refractivity contribution in [3.63, 3.8) is 0 Å². The van der Waals surface area contributed by atoms with Crippen LogP contribution in [0, 0.1) is 0 Å². The molecule has 1 aliphatic carbocycles. The molecular weight excluding hydrogens is 318 g/mol. The van der Waals surface area contributed by atoms with Crippen LogP contribution in [0.1, 0.15) is 74.9 Å². The van der Waals surface area contributed by atoms with Gasteiger partial charge in [-0.2, -0.15) is 0 Å². The fraction of sp³-hybridized carbons (Fsp3) is 0.375. The van der Waals surface area contributed by atoms with Gasteiger partial charge in [-0.1, -0.05) is 64.1 Å². The van der Waals surface area contributed by atoms with E-state index in [0.29, 0.717) is 0 Å². The van der Waals surface area contributed by atoms with Crippen LogP contribution < -0.4 is 4.90 Å². The first-order valence-corrected chi connectivity index (χ1v) is 9.96. The lowest BCUT2D eigenvalue weighted by atomic mass is 9.80. The molecule has 138 valence electrons. The highest BCUT2D eigenvalue weighted by atomic mass is 16.2. The lowest BCUT2D eigenvalue weighted by Crippen LogP contribution is -2.29. The van der Waals surface area contributed by atoms with Crippen LogP contribution in [0.15, 0.2) is 48.5 Å². The van der Waals surface area contributed by atoms with Crippen molar-refractivity contribution in [1.82, 2.24) is 0 Å². The lowest BCUT2D eigenvalue weighted by molar-refractivity contribution is 0.0992. The Labute approximate surface area is 158 Å². The van der Waals surface area contributed by atoms with E-state index in [0.717, 1.165) is 29.7 Å². The summed E-state index contributed by atoms with van der Waals surface area (Å²) in [6, 6.07) is 16.4. The highest BCUT2D eigenvalue weighted by molar-refractivity contribution is 6.13. The Hall–Kier alpha value is -2.35. The molecule has 0 saturated carbocycles. The fourth-order valence-electron chi connectivity index (χ4n) is 3.74. The molecule has 0 atom stereocenters. The van der Waals surface area contributed by atoms with Gasteiger partial charge in [0.1, 0.15) is 0 Å². The van der Waals surface area contributed by atoms with Crippen molar-refractivity contribution >= 4 is 22.7 Å². The number of nitrogens with zero attached hydrogens (tertiary/aromatic N) is 1. The Bertz CT molecular complexity index is 788. The molecule has 2 nitrogen and oxygen atoms in total. The quantitative estimate of drug-likeness (QED) is 0.511. The number of hydrogen-bond donors (Lipinski definition) is 0. The van der Waals surface area contributed by atoms with Crippen molar-refractivity contribution in [2.75, 3.05) is 11.9 Å². The average molecular weight is 350 g/mol. The standard InChI is InChI=1S/C20H19NO.2C2H6/c1-21-19-13-7-6-11-17(19)15-9-3-2-8-14(15)16-10-4-5-12-18(16)20(21)22;2*1-2/h4-7,10-13H,2-3,8-9H2,1H3;2*1-2H3. The molecule has 0 fully saturated rings. The van der Waals surface area contributed by atoms with Crippen molar-refractivity contribution in [3.05, 3.63) is 65.2 Å². The van der Waals surface area contributed by atoms with E-state index in [2.05, 4.69) is 24.3 Å². The molecular formula is C24H31NO. The zero-order chi connectivity index (χ0) is 19.1. The van der Waals surface area contributed by atoms with Gasteiger partial charge in [-0.3, -0.25) is 4.79 Å². The Balaban J connectivity index is 0.000000570. The molecule has 2 aromatic carbocycles. The first kappa shape index (κ1) is 20.0. The molecule has 0 spiro atoms. The number of para-hydroxylation sites is 1. The van der Waals surface area contributed by atoms with Gasteiger partial charge in [0, 0.05) is 18.2 Å². The summed E-state index contributed by atoms with van der Waals surface area (Å²) in [7, 11) is 1.88. The summed E-state index contributed by atoms with van der Waals surface area (Å²) in [4.78, 5) is 14.7. The van der Waals surface area contributed by atoms with Crippen molar-refractivity contribution in [2.24, 2.45) is 0 Å². The highest BCUT2D eigenvalue weighted by Crippen LogP contribution is 2.43. The van der Waals surface area contributed by atoms with E-state index in [9.17, 15) is 4.79 Å². The van der Waals surface area contributed by atoms with E-state index in [1.165, 1.54) is 29.6 Å². The number of carbonyl (C=O) groups is 1. The summed E-state index contributed by atoms with van der Waals surface area (Å²) in [5, 5.41) is 0. The molecule has 0 unspecified atom stereocenters. The Kier molecular flexibility index (Phi) is 7.20. The third-order valence-electron chi connectivity index (χ3n) is 4.85. The van der Waals surface area contributed by atoms with Crippen LogP contribution in [-0.4, -0.2) is 13.0 Å². The Morgan fingerprint density at radius 3 is 1.77 bits per heavy atom. The van der Waals surface area contributed by atoms with E-state index < -0.39 is 0 Å². The van der Waals surface area contributed by atoms with Crippen LogP contribution in [0.2, 0.25) is 0 Å². The maximum atomic E-state index is 12.9. The predicted octanol–water partition coefficient (Wildman–Crippen LogP) is 6.81. The molecule has 0 bridgehead atoms. The van der Waals surface area contributed by atoms with E-state index in [1.54, 1.807) is 4.90 Å². The number of amides is 1. The smallest absolute Gasteiger partial charge is 0.258 e. The summed E-state index contributed by atoms with van der Waals surface area (Å²) in [5.74, 6) is 0.0835. The third-order valence-corrected chi connectivity index (χ3v) is 4.85. The molecule has 0 aromatic heterocycles. The molecule has 1 amide bonds. The van der Waals surface area contributed by atoms with Crippen LogP contribution in [-0.2, 0) is 0 Å². The monoisotopic (exact) mass is 349 g/mol. The van der Waals surface area contributed by atoms with E-state index in [1.807, 2.05) is 59.0 Å². The second-order valence-corrected chi connectivity index (χ2v) is 6.09. The average Bonchev–Trinajstić information content (AvgIpc) is 2.75. The number of carbonyl (C=O) groups excluding carboxylic acids is 1. The second-order valence-electron chi connectivity index (χ2n) is 6.09. The Morgan fingerprint density at radius 2 is 1.15 bits per heavy atom. The van der Waals surface area contributed by atoms with Gasteiger partial charge in [0.25, 0.3) is 5.91 Å². The number of rotatable bonds is 0. The fourth-order valence-corrected chi connectivity index (χ4v) is 3.74. The largest absolute Gasteiger partial charge is 0.311 e. The van der Waals surface area contributed by atoms with Crippen LogP contribution in [0.4, 0.5) is 5.69 Å². The van der Waals surface area contributed by atoms with Gasteiger partial charge in [0.05, 0.1) is 5.69 Å². The van der Waals surface area contributed by atoms with Gasteiger partial charge in [-0.15, -0.1) is 0 Å². The number of hydrogen-bond acceptors (Lipinski definition) is 1. The zero-order valence-electron chi connectivity index (χ0n) is 16.8. The summed E-state index contributed by atoms with van der Waals surface area (Å²) in [6.07, 6.45) is 4.60. The Morgan fingerprint density at radius 1 is 0.692 bits per heavy atom. The molecule has 0 N–H and O–H groups in total. The minimum absolute atomic E-state index is 0.0835. The van der Waals surface area contributed by atoms with Crippen molar-refractivity contribution in [2.45, 2.75) is 53.4 Å². The summed E-state index contributed by atoms with van der Waals surface area (Å²) in [5.41, 5.74) is 7.00. The normalized spacial score (nSPS) is 15.1. The van der Waals surface area contributed by atoms with Gasteiger partial charge in [-0.25, -0.2) is 0 Å². The summed E-state index contributed by atoms with van der Waals surface area (Å²) < 4.78 is 0. The molecule has 4 rings (SSSR count). The van der Waals surface area contributed by atoms with E-state index in [4.69, 9.17) is 0 Å². The van der Waals surface area contributed by atoms with Gasteiger partial charge < -0.3 is 4.90 Å². The van der Waals surface area contributed by atoms with Crippen LogP contribution in [0.3, 0.4) is 0 Å². The number of allylic oxidation sites excluding steroid dienone is 2. The predicted molar refractivity (Wildman–Crippen MR) is 114 cm³/mol. The molecule has 0 saturated heterocycles. The minimum Gasteiger partial charge on any atom is -0.311 e. The van der Waals surface area contributed by atoms with Gasteiger partial charge in [0.15, 0.2) is 0 Å². The van der Waals surface area contributed by atoms with Gasteiger partial charge in [-0.05, 0) is 54.5 Å². The van der Waals surface area contributed by atoms with Crippen molar-refractivity contribution in [1.29, 1.82) is 0 Å². The molecule has 1 aliphatic heterocycles. The van der Waals surface area contributed by atoms with Crippen LogP contribution in [0.5, 0.6) is 0 Å². The minimum atomic E-state index is 0.0835. The van der Waals surface area contributed by atoms with Crippen LogP contribution in [0.25, 0.3) is 11.1 Å². The number of benzene rings is 2. The maximum absolute atomic E-state index is 12.9. The third kappa shape index (κ3) is 3.60. The van der Waals surface area contributed by atoms with E-state index >= 15 is 0 Å². The van der Waals surface area contributed by atoms with Gasteiger partial charge in [0.2, 0.25) is 0 Å². The second kappa shape index (κ2) is 9.38. The molecule has 0 radical (unpaired) electrons. The molecule has 2 heteroatoms. The van der Waals surface area contributed by atoms with Gasteiger partial charge >= 0.3 is 0 Å². The van der Waals surface area contributed by atoms with Crippen molar-refractivity contribution in [3.8, 4) is 0 Å². The lowest BCUT2D eigenvalue weighted by Gasteiger charge is -2.30. The molecule has 1 heterocycles. The van der Waals surface area contributed by atoms with Crippen molar-refractivity contribution < 1.29 is 4.79 Å². The first-order chi connectivity index (χ1) is 12.8. The number of anilines is 1. The molecule has 2 aromatic rings. The summed E-state index contributed by atoms with van der Waals surface area (Å²) in [6.45, 7) is 8.00. The first-order valence-electron chi connectivity index (χ1n) is 9.96. The SMILES string of the molecule is CC.CC.CN1C(=O)c2ccccc2C2=C(CCCC2)c2ccccc21. The number of fused-ring (bicyclic) bond motifs is 4. The topological polar surface area (TPSA) is 20.3 Å². The van der Waals surface area contributed by atoms with E-state index in [-0.39, 0.29) is 5.91 Å². The summed E-state index contributed by atoms with van der Waals surface area (Å²) >= 11 is 0. The molecule has 2 aliphatic rings. The van der Waals surface area contributed by atoms with Crippen LogP contribution >= 0.6 is 0 Å². The highest BCUT2D eigenvalue weighted by Gasteiger charge is 2.27. The molecule has 26 heavy (non-hydrogen) atoms. The maximum Gasteiger partial charge on any atom is 0.258 e.